The van der Waals surface area contributed by atoms with Gasteiger partial charge in [0.15, 0.2) is 0 Å². The highest BCUT2D eigenvalue weighted by molar-refractivity contribution is 7.87. The average Bonchev–Trinajstić information content (AvgIpc) is 2.95. The Bertz CT molecular complexity index is 397. The van der Waals surface area contributed by atoms with Crippen molar-refractivity contribution in [2.45, 2.75) is 18.4 Å². The van der Waals surface area contributed by atoms with Crippen molar-refractivity contribution in [3.63, 3.8) is 0 Å². The van der Waals surface area contributed by atoms with Gasteiger partial charge in [-0.3, -0.25) is 0 Å². The van der Waals surface area contributed by atoms with Crippen LogP contribution < -0.4 is 4.72 Å². The van der Waals surface area contributed by atoms with E-state index in [1.54, 1.807) is 4.72 Å². The van der Waals surface area contributed by atoms with Crippen LogP contribution in [0.25, 0.3) is 0 Å². The second kappa shape index (κ2) is 3.57. The van der Waals surface area contributed by atoms with Crippen molar-refractivity contribution < 1.29 is 23.1 Å². The number of nitrogens with one attached hydrogen (secondary N) is 1. The number of rotatable bonds is 3. The molecule has 7 nitrogen and oxygen atoms in total. The Kier molecular flexibility index (Phi) is 2.59. The predicted molar refractivity (Wildman–Crippen MR) is 53.7 cm³/mol. The molecule has 0 radical (unpaired) electrons. The Hall–Kier alpha value is -0.860. The van der Waals surface area contributed by atoms with Gasteiger partial charge in [-0.1, -0.05) is 0 Å². The zero-order valence-corrected chi connectivity index (χ0v) is 9.66. The third kappa shape index (κ3) is 2.00. The van der Waals surface area contributed by atoms with Crippen molar-refractivity contribution >= 4 is 16.3 Å². The summed E-state index contributed by atoms with van der Waals surface area (Å²) in [5.41, 5.74) is -0.898. The summed E-state index contributed by atoms with van der Waals surface area (Å²) in [6.07, 6.45) is 0.853. The van der Waals surface area contributed by atoms with E-state index in [0.29, 0.717) is 0 Å². The molecule has 0 bridgehead atoms. The third-order valence-corrected chi connectivity index (χ3v) is 4.34. The minimum atomic E-state index is -3.86. The average molecular weight is 250 g/mol. The summed E-state index contributed by atoms with van der Waals surface area (Å²) >= 11 is 0. The number of nitrogens with zero attached hydrogens (tertiary/aromatic N) is 1. The molecule has 0 spiro atoms. The van der Waals surface area contributed by atoms with Crippen LogP contribution in [-0.2, 0) is 14.9 Å². The fourth-order valence-electron chi connectivity index (χ4n) is 1.82. The Balaban J connectivity index is 1.92. The van der Waals surface area contributed by atoms with Gasteiger partial charge >= 0.3 is 16.3 Å². The molecule has 0 unspecified atom stereocenters. The van der Waals surface area contributed by atoms with E-state index in [9.17, 15) is 18.3 Å². The summed E-state index contributed by atoms with van der Waals surface area (Å²) in [7, 11) is -2.78. The lowest BCUT2D eigenvalue weighted by atomic mass is 9.91. The van der Waals surface area contributed by atoms with Crippen LogP contribution in [-0.4, -0.2) is 49.7 Å². The summed E-state index contributed by atoms with van der Waals surface area (Å²) in [5.74, 6) is 0.206. The minimum Gasteiger partial charge on any atom is -0.452 e. The Morgan fingerprint density at radius 2 is 2.06 bits per heavy atom. The maximum atomic E-state index is 11.5. The number of aliphatic hydroxyl groups is 1. The summed E-state index contributed by atoms with van der Waals surface area (Å²) < 4.78 is 30.0. The molecule has 16 heavy (non-hydrogen) atoms. The van der Waals surface area contributed by atoms with Crippen LogP contribution in [0.3, 0.4) is 0 Å². The van der Waals surface area contributed by atoms with E-state index in [1.807, 2.05) is 0 Å². The second-order valence-electron chi connectivity index (χ2n) is 4.24. The Labute approximate surface area is 93.6 Å². The third-order valence-electron chi connectivity index (χ3n) is 2.98. The van der Waals surface area contributed by atoms with E-state index in [2.05, 4.69) is 4.74 Å². The van der Waals surface area contributed by atoms with Gasteiger partial charge in [0.2, 0.25) is 0 Å². The molecule has 2 aliphatic rings. The maximum Gasteiger partial charge on any atom is 0.421 e. The molecule has 1 heterocycles. The maximum absolute atomic E-state index is 11.5. The van der Waals surface area contributed by atoms with Crippen LogP contribution in [0.4, 0.5) is 4.79 Å². The van der Waals surface area contributed by atoms with E-state index in [4.69, 9.17) is 0 Å². The van der Waals surface area contributed by atoms with Gasteiger partial charge in [-0.15, -0.1) is 0 Å². The number of carbonyl (C=O) groups excluding carboxylic acids is 1. The molecule has 2 rings (SSSR count). The monoisotopic (exact) mass is 250 g/mol. The van der Waals surface area contributed by atoms with Crippen LogP contribution >= 0.6 is 0 Å². The van der Waals surface area contributed by atoms with Gasteiger partial charge in [0.05, 0.1) is 12.7 Å². The standard InChI is InChI=1S/C8H14N2O5S/c1-15-7(11)9-16(13,14)10-4-8(12,5-10)6-2-3-6/h6,12H,2-5H2,1H3,(H,9,11). The van der Waals surface area contributed by atoms with Gasteiger partial charge in [-0.05, 0) is 18.8 Å². The van der Waals surface area contributed by atoms with Crippen molar-refractivity contribution in [2.75, 3.05) is 20.2 Å². The lowest BCUT2D eigenvalue weighted by molar-refractivity contribution is -0.0768. The van der Waals surface area contributed by atoms with Crippen LogP contribution in [0.5, 0.6) is 0 Å². The lowest BCUT2D eigenvalue weighted by Gasteiger charge is -2.45. The first-order chi connectivity index (χ1) is 7.37. The van der Waals surface area contributed by atoms with Crippen LogP contribution in [0.15, 0.2) is 0 Å². The van der Waals surface area contributed by atoms with Gasteiger partial charge in [0.1, 0.15) is 0 Å². The molecule has 1 aliphatic carbocycles. The predicted octanol–water partition coefficient (Wildman–Crippen LogP) is -0.956. The highest BCUT2D eigenvalue weighted by atomic mass is 32.2. The molecule has 1 amide bonds. The molecule has 2 fully saturated rings. The van der Waals surface area contributed by atoms with Crippen molar-refractivity contribution in [2.24, 2.45) is 5.92 Å². The summed E-state index contributed by atoms with van der Waals surface area (Å²) in [6, 6.07) is 0. The molecule has 1 saturated carbocycles. The zero-order chi connectivity index (χ0) is 12.0. The number of hydrogen-bond donors (Lipinski definition) is 2. The van der Waals surface area contributed by atoms with Crippen molar-refractivity contribution in [3.05, 3.63) is 0 Å². The molecule has 92 valence electrons. The first-order valence-electron chi connectivity index (χ1n) is 4.95. The topological polar surface area (TPSA) is 95.9 Å². The molecule has 0 aromatic carbocycles. The quantitative estimate of drug-likeness (QED) is 0.673. The molecule has 2 N–H and O–H groups in total. The number of ether oxygens (including phenoxy) is 1. The number of amides is 1. The molecular weight excluding hydrogens is 236 g/mol. The number of β-amino-alcohol motifs (C(OH)–C–C–N with tert-alkyl or cyclic N) is 1. The van der Waals surface area contributed by atoms with E-state index < -0.39 is 21.9 Å². The molecule has 1 saturated heterocycles. The normalized spacial score (nSPS) is 24.6. The molecule has 0 atom stereocenters. The summed E-state index contributed by atoms with van der Waals surface area (Å²) in [6.45, 7) is 0.0913. The van der Waals surface area contributed by atoms with Crippen LogP contribution in [0.2, 0.25) is 0 Å². The van der Waals surface area contributed by atoms with E-state index in [0.717, 1.165) is 24.3 Å². The smallest absolute Gasteiger partial charge is 0.421 e. The molecule has 0 aromatic rings. The lowest BCUT2D eigenvalue weighted by Crippen LogP contribution is -2.66. The van der Waals surface area contributed by atoms with Crippen molar-refractivity contribution in [1.82, 2.24) is 9.03 Å². The molecule has 1 aliphatic heterocycles. The Morgan fingerprint density at radius 1 is 1.50 bits per heavy atom. The van der Waals surface area contributed by atoms with Crippen molar-refractivity contribution in [3.8, 4) is 0 Å². The van der Waals surface area contributed by atoms with Gasteiger partial charge in [-0.2, -0.15) is 12.7 Å². The highest BCUT2D eigenvalue weighted by Gasteiger charge is 2.55. The summed E-state index contributed by atoms with van der Waals surface area (Å²) in [5, 5.41) is 9.92. The van der Waals surface area contributed by atoms with E-state index in [1.165, 1.54) is 0 Å². The minimum absolute atomic E-state index is 0.0456. The van der Waals surface area contributed by atoms with Crippen LogP contribution in [0, 0.1) is 5.92 Å². The highest BCUT2D eigenvalue weighted by Crippen LogP contribution is 2.44. The number of hydrogen-bond acceptors (Lipinski definition) is 5. The Morgan fingerprint density at radius 3 is 2.50 bits per heavy atom. The molecule has 8 heteroatoms. The first-order valence-corrected chi connectivity index (χ1v) is 6.39. The fraction of sp³-hybridized carbons (Fsp3) is 0.875. The number of methoxy groups -OCH3 is 1. The molecular formula is C8H14N2O5S. The molecule has 0 aromatic heterocycles. The van der Waals surface area contributed by atoms with Crippen LogP contribution in [0.1, 0.15) is 12.8 Å². The van der Waals surface area contributed by atoms with Gasteiger partial charge < -0.3 is 9.84 Å². The van der Waals surface area contributed by atoms with Gasteiger partial charge in [-0.25, -0.2) is 9.52 Å². The van der Waals surface area contributed by atoms with E-state index >= 15 is 0 Å². The van der Waals surface area contributed by atoms with E-state index in [-0.39, 0.29) is 19.0 Å². The second-order valence-corrected chi connectivity index (χ2v) is 5.92. The zero-order valence-electron chi connectivity index (χ0n) is 8.84. The fourth-order valence-corrected chi connectivity index (χ4v) is 3.03. The number of carbonyl (C=O) groups is 1. The summed E-state index contributed by atoms with van der Waals surface area (Å²) in [4.78, 5) is 10.8. The van der Waals surface area contributed by atoms with Crippen molar-refractivity contribution in [1.29, 1.82) is 0 Å². The first kappa shape index (κ1) is 11.6. The van der Waals surface area contributed by atoms with Gasteiger partial charge in [0, 0.05) is 13.1 Å². The van der Waals surface area contributed by atoms with Gasteiger partial charge in [0.25, 0.3) is 0 Å². The largest absolute Gasteiger partial charge is 0.452 e. The SMILES string of the molecule is COC(=O)NS(=O)(=O)N1CC(O)(C2CC2)C1.